The summed E-state index contributed by atoms with van der Waals surface area (Å²) in [5, 5.41) is 2.75. The van der Waals surface area contributed by atoms with Gasteiger partial charge < -0.3 is 14.8 Å². The third kappa shape index (κ3) is 6.36. The van der Waals surface area contributed by atoms with E-state index in [2.05, 4.69) is 10.0 Å². The summed E-state index contributed by atoms with van der Waals surface area (Å²) in [6.45, 7) is 3.66. The highest BCUT2D eigenvalue weighted by molar-refractivity contribution is 7.89. The van der Waals surface area contributed by atoms with Gasteiger partial charge in [0.2, 0.25) is 10.0 Å². The molecule has 9 heteroatoms. The van der Waals surface area contributed by atoms with E-state index in [-0.39, 0.29) is 29.4 Å². The van der Waals surface area contributed by atoms with Crippen LogP contribution in [0.25, 0.3) is 0 Å². The number of rotatable bonds is 11. The van der Waals surface area contributed by atoms with Crippen molar-refractivity contribution < 1.29 is 27.5 Å². The fraction of sp³-hybridized carbons (Fsp3) is 0.286. The van der Waals surface area contributed by atoms with Gasteiger partial charge in [-0.1, -0.05) is 42.5 Å². The number of ether oxygens (including phenoxy) is 2. The Bertz CT molecular complexity index is 1340. The van der Waals surface area contributed by atoms with Gasteiger partial charge in [0.25, 0.3) is 5.91 Å². The maximum atomic E-state index is 12.7. The van der Waals surface area contributed by atoms with E-state index in [9.17, 15) is 18.0 Å². The quantitative estimate of drug-likeness (QED) is 0.363. The Labute approximate surface area is 217 Å². The van der Waals surface area contributed by atoms with Gasteiger partial charge >= 0.3 is 5.97 Å². The van der Waals surface area contributed by atoms with E-state index >= 15 is 0 Å². The van der Waals surface area contributed by atoms with Gasteiger partial charge in [-0.15, -0.1) is 0 Å². The molecule has 4 rings (SSSR count). The van der Waals surface area contributed by atoms with Crippen LogP contribution in [-0.2, 0) is 29.8 Å². The summed E-state index contributed by atoms with van der Waals surface area (Å²) < 4.78 is 38.8. The first-order valence-corrected chi connectivity index (χ1v) is 13.6. The molecule has 0 radical (unpaired) electrons. The average Bonchev–Trinajstić information content (AvgIpc) is 3.71. The molecule has 3 aromatic rings. The standard InChI is InChI=1S/C28H30N2O6S/c1-3-35-27(32)28(17-18-28)22-9-11-23(12-10-22)29-26(31)19-36-24-13-15-25(16-14-24)37(33,34)30-20(2)21-7-5-4-6-8-21/h4-16,20,30H,3,17-19H2,1-2H3,(H,29,31)/t20-/m1/s1. The van der Waals surface area contributed by atoms with Crippen LogP contribution >= 0.6 is 0 Å². The molecule has 1 amide bonds. The highest BCUT2D eigenvalue weighted by Gasteiger charge is 2.52. The van der Waals surface area contributed by atoms with Gasteiger partial charge in [-0.2, -0.15) is 0 Å². The van der Waals surface area contributed by atoms with Gasteiger partial charge in [0.05, 0.1) is 16.9 Å². The molecular weight excluding hydrogens is 492 g/mol. The van der Waals surface area contributed by atoms with Crippen LogP contribution in [0.2, 0.25) is 0 Å². The van der Waals surface area contributed by atoms with Gasteiger partial charge in [0.1, 0.15) is 5.75 Å². The first-order valence-electron chi connectivity index (χ1n) is 12.1. The van der Waals surface area contributed by atoms with E-state index in [0.717, 1.165) is 24.0 Å². The number of hydrogen-bond donors (Lipinski definition) is 2. The maximum absolute atomic E-state index is 12.7. The van der Waals surface area contributed by atoms with Crippen LogP contribution in [-0.4, -0.2) is 33.5 Å². The Morgan fingerprint density at radius 2 is 1.59 bits per heavy atom. The molecule has 0 saturated heterocycles. The first kappa shape index (κ1) is 26.4. The van der Waals surface area contributed by atoms with Crippen LogP contribution in [0.1, 0.15) is 43.9 Å². The van der Waals surface area contributed by atoms with Crippen molar-refractivity contribution in [2.24, 2.45) is 0 Å². The summed E-state index contributed by atoms with van der Waals surface area (Å²) in [5.74, 6) is -0.208. The second kappa shape index (κ2) is 11.1. The van der Waals surface area contributed by atoms with Crippen molar-refractivity contribution in [3.8, 4) is 5.75 Å². The lowest BCUT2D eigenvalue weighted by Gasteiger charge is -2.15. The molecule has 1 aliphatic carbocycles. The third-order valence-corrected chi connectivity index (χ3v) is 7.83. The second-order valence-corrected chi connectivity index (χ2v) is 10.7. The summed E-state index contributed by atoms with van der Waals surface area (Å²) in [6, 6.07) is 21.9. The summed E-state index contributed by atoms with van der Waals surface area (Å²) in [6.07, 6.45) is 1.52. The van der Waals surface area contributed by atoms with E-state index < -0.39 is 15.4 Å². The molecule has 2 N–H and O–H groups in total. The maximum Gasteiger partial charge on any atom is 0.316 e. The van der Waals surface area contributed by atoms with Gasteiger partial charge in [0, 0.05) is 11.7 Å². The molecule has 0 aromatic heterocycles. The lowest BCUT2D eigenvalue weighted by Crippen LogP contribution is -2.26. The molecule has 3 aromatic carbocycles. The Morgan fingerprint density at radius 3 is 2.19 bits per heavy atom. The number of sulfonamides is 1. The van der Waals surface area contributed by atoms with Crippen LogP contribution in [0, 0.1) is 0 Å². The molecule has 0 heterocycles. The smallest absolute Gasteiger partial charge is 0.316 e. The number of hydrogen-bond acceptors (Lipinski definition) is 6. The molecule has 1 aliphatic rings. The van der Waals surface area contributed by atoms with E-state index in [1.807, 2.05) is 42.5 Å². The third-order valence-electron chi connectivity index (χ3n) is 6.27. The van der Waals surface area contributed by atoms with E-state index in [1.165, 1.54) is 24.3 Å². The van der Waals surface area contributed by atoms with Crippen molar-refractivity contribution in [2.75, 3.05) is 18.5 Å². The van der Waals surface area contributed by atoms with E-state index in [4.69, 9.17) is 9.47 Å². The van der Waals surface area contributed by atoms with Crippen molar-refractivity contribution >= 4 is 27.6 Å². The summed E-state index contributed by atoms with van der Waals surface area (Å²) in [7, 11) is -3.73. The molecule has 1 atom stereocenters. The Morgan fingerprint density at radius 1 is 0.946 bits per heavy atom. The van der Waals surface area contributed by atoms with Crippen molar-refractivity contribution in [1.82, 2.24) is 4.72 Å². The molecule has 37 heavy (non-hydrogen) atoms. The average molecular weight is 523 g/mol. The van der Waals surface area contributed by atoms with Crippen LogP contribution in [0.15, 0.2) is 83.8 Å². The number of esters is 1. The van der Waals surface area contributed by atoms with Gasteiger partial charge in [-0.3, -0.25) is 9.59 Å². The normalized spacial score (nSPS) is 14.9. The van der Waals surface area contributed by atoms with Crippen LogP contribution in [0.4, 0.5) is 5.69 Å². The van der Waals surface area contributed by atoms with Crippen LogP contribution in [0.3, 0.4) is 0 Å². The zero-order valence-electron chi connectivity index (χ0n) is 20.8. The predicted octanol–water partition coefficient (Wildman–Crippen LogP) is 4.34. The van der Waals surface area contributed by atoms with Crippen LogP contribution in [0.5, 0.6) is 5.75 Å². The van der Waals surface area contributed by atoms with Gasteiger partial charge in [0.15, 0.2) is 6.61 Å². The monoisotopic (exact) mass is 522 g/mol. The van der Waals surface area contributed by atoms with Gasteiger partial charge in [-0.25, -0.2) is 13.1 Å². The van der Waals surface area contributed by atoms with E-state index in [1.54, 1.807) is 26.0 Å². The molecule has 0 unspecified atom stereocenters. The van der Waals surface area contributed by atoms with Crippen LogP contribution < -0.4 is 14.8 Å². The van der Waals surface area contributed by atoms with Crippen molar-refractivity contribution in [1.29, 1.82) is 0 Å². The van der Waals surface area contributed by atoms with Gasteiger partial charge in [-0.05, 0) is 74.2 Å². The highest BCUT2D eigenvalue weighted by Crippen LogP contribution is 2.49. The Hall–Kier alpha value is -3.69. The second-order valence-electron chi connectivity index (χ2n) is 8.94. The molecule has 0 bridgehead atoms. The summed E-state index contributed by atoms with van der Waals surface area (Å²) >= 11 is 0. The zero-order valence-corrected chi connectivity index (χ0v) is 21.6. The summed E-state index contributed by atoms with van der Waals surface area (Å²) in [4.78, 5) is 24.7. The summed E-state index contributed by atoms with van der Waals surface area (Å²) in [5.41, 5.74) is 1.76. The Balaban J connectivity index is 1.28. The minimum Gasteiger partial charge on any atom is -0.484 e. The van der Waals surface area contributed by atoms with Crippen molar-refractivity contribution in [3.05, 3.63) is 90.0 Å². The molecule has 8 nitrogen and oxygen atoms in total. The van der Waals surface area contributed by atoms with E-state index in [0.29, 0.717) is 18.0 Å². The van der Waals surface area contributed by atoms with Crippen molar-refractivity contribution in [2.45, 2.75) is 43.0 Å². The molecule has 1 fully saturated rings. The number of nitrogens with one attached hydrogen (secondary N) is 2. The lowest BCUT2D eigenvalue weighted by molar-refractivity contribution is -0.146. The highest BCUT2D eigenvalue weighted by atomic mass is 32.2. The first-order chi connectivity index (χ1) is 17.7. The minimum atomic E-state index is -3.73. The largest absolute Gasteiger partial charge is 0.484 e. The number of carbonyl (C=O) groups excluding carboxylic acids is 2. The topological polar surface area (TPSA) is 111 Å². The Kier molecular flexibility index (Phi) is 7.94. The van der Waals surface area contributed by atoms with Crippen molar-refractivity contribution in [3.63, 3.8) is 0 Å². The number of carbonyl (C=O) groups is 2. The fourth-order valence-electron chi connectivity index (χ4n) is 4.05. The molecule has 1 saturated carbocycles. The SMILES string of the molecule is CCOC(=O)C1(c2ccc(NC(=O)COc3ccc(S(=O)(=O)N[C@H](C)c4ccccc4)cc3)cc2)CC1. The lowest BCUT2D eigenvalue weighted by atomic mass is 9.96. The number of anilines is 1. The number of benzene rings is 3. The zero-order chi connectivity index (χ0) is 26.5. The predicted molar refractivity (Wildman–Crippen MR) is 140 cm³/mol. The molecular formula is C28H30N2O6S. The minimum absolute atomic E-state index is 0.100. The molecule has 194 valence electrons. The molecule has 0 spiro atoms. The molecule has 0 aliphatic heterocycles. The fourth-order valence-corrected chi connectivity index (χ4v) is 5.28. The number of amides is 1.